The first-order valence-electron chi connectivity index (χ1n) is 10.1. The molecule has 11 heteroatoms. The van der Waals surface area contributed by atoms with Gasteiger partial charge in [-0.3, -0.25) is 9.59 Å². The number of amides is 2. The van der Waals surface area contributed by atoms with Crippen LogP contribution in [0.5, 0.6) is 0 Å². The number of hydrogen-bond acceptors (Lipinski definition) is 8. The molecule has 1 aliphatic rings. The highest BCUT2D eigenvalue weighted by Gasteiger charge is 2.45. The molecule has 0 spiro atoms. The van der Waals surface area contributed by atoms with Crippen LogP contribution in [0.3, 0.4) is 0 Å². The first kappa shape index (κ1) is 22.3. The highest BCUT2D eigenvalue weighted by atomic mass is 32.2. The van der Waals surface area contributed by atoms with Crippen molar-refractivity contribution >= 4 is 33.6 Å². The molecule has 0 bridgehead atoms. The summed E-state index contributed by atoms with van der Waals surface area (Å²) in [4.78, 5) is 37.2. The topological polar surface area (TPSA) is 157 Å². The number of hydrogen-bond donors (Lipinski definition) is 3. The molecule has 1 saturated carbocycles. The highest BCUT2D eigenvalue weighted by Crippen LogP contribution is 2.45. The number of nitrogen functional groups attached to an aromatic ring is 1. The minimum absolute atomic E-state index is 0.0685. The molecule has 10 nitrogen and oxygen atoms in total. The molecule has 0 aliphatic heterocycles. The molecule has 0 atom stereocenters. The van der Waals surface area contributed by atoms with Crippen molar-refractivity contribution in [2.75, 3.05) is 17.3 Å². The molecule has 1 aromatic carbocycles. The third-order valence-electron chi connectivity index (χ3n) is 5.63. The number of anilines is 2. The summed E-state index contributed by atoms with van der Waals surface area (Å²) in [6.07, 6.45) is 7.74. The summed E-state index contributed by atoms with van der Waals surface area (Å²) < 4.78 is 24.3. The van der Waals surface area contributed by atoms with Crippen LogP contribution in [0.4, 0.5) is 11.8 Å². The van der Waals surface area contributed by atoms with E-state index in [9.17, 15) is 18.0 Å². The maximum atomic E-state index is 13.2. The molecular formula is C22H22N6O4S. The van der Waals surface area contributed by atoms with Crippen LogP contribution in [0.15, 0.2) is 55.0 Å². The lowest BCUT2D eigenvalue weighted by molar-refractivity contribution is -0.124. The fraction of sp³-hybridized carbons (Fsp3) is 0.227. The van der Waals surface area contributed by atoms with Gasteiger partial charge in [0.15, 0.2) is 0 Å². The van der Waals surface area contributed by atoms with Crippen molar-refractivity contribution in [2.45, 2.75) is 24.7 Å². The highest BCUT2D eigenvalue weighted by molar-refractivity contribution is 7.89. The second kappa shape index (κ2) is 8.58. The van der Waals surface area contributed by atoms with E-state index in [0.29, 0.717) is 12.8 Å². The van der Waals surface area contributed by atoms with Crippen LogP contribution >= 0.6 is 0 Å². The van der Waals surface area contributed by atoms with Crippen molar-refractivity contribution in [3.63, 3.8) is 0 Å². The van der Waals surface area contributed by atoms with Crippen molar-refractivity contribution < 1.29 is 18.0 Å². The Hall–Kier alpha value is -3.86. The quantitative estimate of drug-likeness (QED) is 0.497. The van der Waals surface area contributed by atoms with E-state index in [1.807, 2.05) is 29.0 Å². The number of pyridine rings is 1. The summed E-state index contributed by atoms with van der Waals surface area (Å²) in [6, 6.07) is 10.6. The molecule has 4 N–H and O–H groups in total. The van der Waals surface area contributed by atoms with Gasteiger partial charge in [0.1, 0.15) is 5.82 Å². The van der Waals surface area contributed by atoms with Crippen molar-refractivity contribution in [3.05, 3.63) is 66.1 Å². The monoisotopic (exact) mass is 466 g/mol. The Balaban J connectivity index is 1.49. The van der Waals surface area contributed by atoms with Crippen LogP contribution in [-0.2, 0) is 20.2 Å². The molecular weight excluding hydrogens is 444 g/mol. The summed E-state index contributed by atoms with van der Waals surface area (Å²) in [5, 5.41) is 2.82. The summed E-state index contributed by atoms with van der Waals surface area (Å²) >= 11 is 0. The molecule has 0 radical (unpaired) electrons. The number of aromatic nitrogens is 3. The molecule has 2 amide bonds. The second-order valence-corrected chi connectivity index (χ2v) is 9.68. The van der Waals surface area contributed by atoms with Crippen LogP contribution in [0, 0.1) is 0 Å². The smallest absolute Gasteiger partial charge is 0.266 e. The predicted molar refractivity (Wildman–Crippen MR) is 123 cm³/mol. The van der Waals surface area contributed by atoms with E-state index in [0.717, 1.165) is 29.4 Å². The zero-order valence-corrected chi connectivity index (χ0v) is 18.6. The zero-order chi connectivity index (χ0) is 23.6. The number of nitrogens with zero attached hydrogens (tertiary/aromatic N) is 3. The Bertz CT molecular complexity index is 1290. The van der Waals surface area contributed by atoms with Crippen molar-refractivity contribution in [2.24, 2.45) is 0 Å². The number of rotatable bonds is 6. The molecule has 2 heterocycles. The van der Waals surface area contributed by atoms with Gasteiger partial charge in [0.25, 0.3) is 5.91 Å². The first-order chi connectivity index (χ1) is 15.7. The number of sulfonamides is 1. The van der Waals surface area contributed by atoms with Gasteiger partial charge in [-0.25, -0.2) is 28.1 Å². The molecule has 0 unspecified atom stereocenters. The Labute approximate surface area is 190 Å². The third kappa shape index (κ3) is 4.82. The van der Waals surface area contributed by atoms with Crippen LogP contribution in [-0.4, -0.2) is 41.4 Å². The van der Waals surface area contributed by atoms with Gasteiger partial charge in [-0.2, -0.15) is 0 Å². The average molecular weight is 467 g/mol. The van der Waals surface area contributed by atoms with Gasteiger partial charge < -0.3 is 11.1 Å². The Morgan fingerprint density at radius 1 is 0.939 bits per heavy atom. The van der Waals surface area contributed by atoms with Gasteiger partial charge in [-0.15, -0.1) is 0 Å². The van der Waals surface area contributed by atoms with Gasteiger partial charge in [0, 0.05) is 24.2 Å². The predicted octanol–water partition coefficient (Wildman–Crippen LogP) is 1.87. The van der Waals surface area contributed by atoms with E-state index >= 15 is 0 Å². The third-order valence-corrected chi connectivity index (χ3v) is 6.19. The molecule has 2 aromatic heterocycles. The fourth-order valence-electron chi connectivity index (χ4n) is 3.71. The molecule has 33 heavy (non-hydrogen) atoms. The van der Waals surface area contributed by atoms with E-state index in [4.69, 9.17) is 5.73 Å². The number of carbonyl (C=O) groups excluding carboxylic acids is 2. The first-order valence-corrected chi connectivity index (χ1v) is 12.0. The minimum atomic E-state index is -3.68. The van der Waals surface area contributed by atoms with Crippen LogP contribution in [0.1, 0.15) is 35.2 Å². The van der Waals surface area contributed by atoms with E-state index in [1.54, 1.807) is 12.4 Å². The van der Waals surface area contributed by atoms with Crippen LogP contribution in [0.2, 0.25) is 0 Å². The fourth-order valence-corrected chi connectivity index (χ4v) is 4.17. The number of nitrogens with one attached hydrogen (secondary N) is 2. The van der Waals surface area contributed by atoms with E-state index in [2.05, 4.69) is 20.3 Å². The standard InChI is InChI=1S/C22H22N6O4S/c1-33(31,32)28-19(29)15-5-8-18(24-11-15)27-20(30)22(9-2-10-22)17-6-3-14(4-7-17)16-12-25-21(23)26-13-16/h3-8,11-13H,2,9-10H2,1H3,(H,28,29)(H2,23,25,26)(H,24,27,30). The normalized spacial score (nSPS) is 14.7. The molecule has 1 aliphatic carbocycles. The number of carbonyl (C=O) groups is 2. The van der Waals surface area contributed by atoms with Crippen LogP contribution < -0.4 is 15.8 Å². The lowest BCUT2D eigenvalue weighted by Crippen LogP contribution is -2.46. The van der Waals surface area contributed by atoms with E-state index in [1.165, 1.54) is 18.3 Å². The number of benzene rings is 1. The summed E-state index contributed by atoms with van der Waals surface area (Å²) in [6.45, 7) is 0. The van der Waals surface area contributed by atoms with Gasteiger partial charge in [0.2, 0.25) is 21.9 Å². The number of nitrogens with two attached hydrogens (primary N) is 1. The van der Waals surface area contributed by atoms with Gasteiger partial charge in [-0.05, 0) is 36.1 Å². The summed E-state index contributed by atoms with van der Waals surface area (Å²) in [7, 11) is -3.68. The van der Waals surface area contributed by atoms with Crippen molar-refractivity contribution in [1.29, 1.82) is 0 Å². The van der Waals surface area contributed by atoms with Crippen molar-refractivity contribution in [3.8, 4) is 11.1 Å². The molecule has 0 saturated heterocycles. The molecule has 170 valence electrons. The Morgan fingerprint density at radius 2 is 1.61 bits per heavy atom. The van der Waals surface area contributed by atoms with E-state index < -0.39 is 21.3 Å². The van der Waals surface area contributed by atoms with Gasteiger partial charge >= 0.3 is 0 Å². The van der Waals surface area contributed by atoms with E-state index in [-0.39, 0.29) is 23.2 Å². The molecule has 1 fully saturated rings. The zero-order valence-electron chi connectivity index (χ0n) is 17.8. The van der Waals surface area contributed by atoms with Gasteiger partial charge in [-0.1, -0.05) is 30.7 Å². The van der Waals surface area contributed by atoms with Gasteiger partial charge in [0.05, 0.1) is 17.2 Å². The summed E-state index contributed by atoms with van der Waals surface area (Å²) in [5.74, 6) is -0.487. The Kier molecular flexibility index (Phi) is 5.81. The Morgan fingerprint density at radius 3 is 2.12 bits per heavy atom. The maximum absolute atomic E-state index is 13.2. The minimum Gasteiger partial charge on any atom is -0.368 e. The summed E-state index contributed by atoms with van der Waals surface area (Å²) in [5.41, 5.74) is 7.59. The molecule has 3 aromatic rings. The second-order valence-electron chi connectivity index (χ2n) is 7.93. The average Bonchev–Trinajstić information content (AvgIpc) is 2.73. The lowest BCUT2D eigenvalue weighted by atomic mass is 9.63. The largest absolute Gasteiger partial charge is 0.368 e. The maximum Gasteiger partial charge on any atom is 0.266 e. The lowest BCUT2D eigenvalue weighted by Gasteiger charge is -2.40. The molecule has 4 rings (SSSR count). The van der Waals surface area contributed by atoms with Crippen LogP contribution in [0.25, 0.3) is 11.1 Å². The SMILES string of the molecule is CS(=O)(=O)NC(=O)c1ccc(NC(=O)C2(c3ccc(-c4cnc(N)nc4)cc3)CCC2)nc1. The van der Waals surface area contributed by atoms with Crippen molar-refractivity contribution in [1.82, 2.24) is 19.7 Å².